The first-order valence-corrected chi connectivity index (χ1v) is 10.8. The number of hydrogen-bond acceptors (Lipinski definition) is 3. The van der Waals surface area contributed by atoms with Gasteiger partial charge in [-0.3, -0.25) is 4.79 Å². The highest BCUT2D eigenvalue weighted by Gasteiger charge is 2.21. The van der Waals surface area contributed by atoms with Gasteiger partial charge in [-0.15, -0.1) is 0 Å². The zero-order chi connectivity index (χ0) is 19.9. The number of halogens is 1. The summed E-state index contributed by atoms with van der Waals surface area (Å²) in [7, 11) is -3.45. The van der Waals surface area contributed by atoms with Crippen LogP contribution in [0.3, 0.4) is 0 Å². The Bertz CT molecular complexity index is 846. The van der Waals surface area contributed by atoms with Crippen molar-refractivity contribution in [2.24, 2.45) is 0 Å². The van der Waals surface area contributed by atoms with Crippen LogP contribution in [0, 0.1) is 0 Å². The van der Waals surface area contributed by atoms with Crippen molar-refractivity contribution in [3.05, 3.63) is 64.7 Å². The van der Waals surface area contributed by atoms with E-state index in [0.29, 0.717) is 37.5 Å². The number of nitrogens with zero attached hydrogens (tertiary/aromatic N) is 1. The first-order valence-electron chi connectivity index (χ1n) is 8.97. The van der Waals surface area contributed by atoms with Crippen molar-refractivity contribution in [1.29, 1.82) is 0 Å². The molecule has 1 amide bonds. The lowest BCUT2D eigenvalue weighted by molar-refractivity contribution is -0.121. The van der Waals surface area contributed by atoms with Gasteiger partial charge in [0.15, 0.2) is 0 Å². The lowest BCUT2D eigenvalue weighted by Crippen LogP contribution is -2.30. The summed E-state index contributed by atoms with van der Waals surface area (Å²) in [6.07, 6.45) is 0.897. The van der Waals surface area contributed by atoms with Gasteiger partial charge in [-0.1, -0.05) is 49.7 Å². The molecule has 7 heteroatoms. The summed E-state index contributed by atoms with van der Waals surface area (Å²) >= 11 is 5.84. The molecule has 0 saturated heterocycles. The molecule has 0 fully saturated rings. The average Bonchev–Trinajstić information content (AvgIpc) is 2.67. The summed E-state index contributed by atoms with van der Waals surface area (Å²) in [6.45, 7) is 4.97. The molecule has 0 aliphatic heterocycles. The fourth-order valence-electron chi connectivity index (χ4n) is 2.69. The molecule has 5 nitrogen and oxygen atoms in total. The molecule has 0 bridgehead atoms. The normalized spacial score (nSPS) is 11.6. The van der Waals surface area contributed by atoms with Crippen LogP contribution in [0.15, 0.2) is 53.4 Å². The third kappa shape index (κ3) is 6.06. The Kier molecular flexibility index (Phi) is 7.83. The number of benzene rings is 2. The van der Waals surface area contributed by atoms with Gasteiger partial charge in [0.25, 0.3) is 0 Å². The largest absolute Gasteiger partial charge is 0.352 e. The van der Waals surface area contributed by atoms with E-state index in [-0.39, 0.29) is 10.8 Å². The van der Waals surface area contributed by atoms with Gasteiger partial charge < -0.3 is 5.32 Å². The van der Waals surface area contributed by atoms with E-state index < -0.39 is 10.0 Å². The van der Waals surface area contributed by atoms with Gasteiger partial charge in [0.2, 0.25) is 15.9 Å². The summed E-state index contributed by atoms with van der Waals surface area (Å²) in [6, 6.07) is 14.1. The van der Waals surface area contributed by atoms with Crippen molar-refractivity contribution >= 4 is 27.5 Å². The molecule has 27 heavy (non-hydrogen) atoms. The van der Waals surface area contributed by atoms with Gasteiger partial charge in [-0.2, -0.15) is 4.31 Å². The van der Waals surface area contributed by atoms with E-state index in [1.54, 1.807) is 36.4 Å². The second kappa shape index (κ2) is 9.88. The first-order chi connectivity index (χ1) is 12.9. The molecule has 0 spiro atoms. The molecule has 0 heterocycles. The van der Waals surface area contributed by atoms with Crippen molar-refractivity contribution in [2.75, 3.05) is 13.1 Å². The van der Waals surface area contributed by atoms with Gasteiger partial charge in [0, 0.05) is 31.1 Å². The van der Waals surface area contributed by atoms with E-state index in [1.807, 2.05) is 26.0 Å². The predicted octanol–water partition coefficient (Wildman–Crippen LogP) is 3.62. The molecule has 0 atom stereocenters. The Hall–Kier alpha value is -1.89. The Morgan fingerprint density at radius 1 is 0.963 bits per heavy atom. The van der Waals surface area contributed by atoms with Gasteiger partial charge >= 0.3 is 0 Å². The molecular weight excluding hydrogens is 384 g/mol. The molecule has 0 radical (unpaired) electrons. The summed E-state index contributed by atoms with van der Waals surface area (Å²) in [4.78, 5) is 12.3. The number of carbonyl (C=O) groups is 1. The molecule has 2 aromatic carbocycles. The zero-order valence-electron chi connectivity index (χ0n) is 15.6. The summed E-state index contributed by atoms with van der Waals surface area (Å²) in [5.74, 6) is -0.0511. The summed E-state index contributed by atoms with van der Waals surface area (Å²) in [5, 5.41) is 3.53. The monoisotopic (exact) mass is 408 g/mol. The molecule has 2 rings (SSSR count). The first kappa shape index (κ1) is 21.4. The van der Waals surface area contributed by atoms with Gasteiger partial charge in [0.1, 0.15) is 0 Å². The Morgan fingerprint density at radius 3 is 2.07 bits per heavy atom. The highest BCUT2D eigenvalue weighted by atomic mass is 35.5. The fourth-order valence-corrected chi connectivity index (χ4v) is 4.27. The zero-order valence-corrected chi connectivity index (χ0v) is 17.2. The lowest BCUT2D eigenvalue weighted by Gasteiger charge is -2.18. The maximum atomic E-state index is 12.5. The third-order valence-corrected chi connectivity index (χ3v) is 6.63. The number of nitrogens with one attached hydrogen (secondary N) is 1. The van der Waals surface area contributed by atoms with Gasteiger partial charge in [-0.25, -0.2) is 8.42 Å². The third-order valence-electron chi connectivity index (χ3n) is 4.31. The van der Waals surface area contributed by atoms with Crippen LogP contribution in [0.25, 0.3) is 0 Å². The standard InChI is InChI=1S/C20H25ClN2O3S/c1-3-23(4-2)27(25,26)19-12-7-16(8-13-19)9-14-20(24)22-15-17-5-10-18(21)11-6-17/h5-8,10-13H,3-4,9,14-15H2,1-2H3,(H,22,24). The Morgan fingerprint density at radius 2 is 1.52 bits per heavy atom. The van der Waals surface area contributed by atoms with Crippen molar-refractivity contribution in [2.45, 2.75) is 38.1 Å². The van der Waals surface area contributed by atoms with E-state index in [9.17, 15) is 13.2 Å². The van der Waals surface area contributed by atoms with E-state index in [1.165, 1.54) is 4.31 Å². The lowest BCUT2D eigenvalue weighted by atomic mass is 10.1. The van der Waals surface area contributed by atoms with E-state index in [0.717, 1.165) is 11.1 Å². The Balaban J connectivity index is 1.87. The molecule has 146 valence electrons. The quantitative estimate of drug-likeness (QED) is 0.689. The molecule has 0 saturated carbocycles. The molecular formula is C20H25ClN2O3S. The van der Waals surface area contributed by atoms with Crippen LogP contribution in [-0.4, -0.2) is 31.7 Å². The minimum atomic E-state index is -3.45. The van der Waals surface area contributed by atoms with Crippen LogP contribution in [0.4, 0.5) is 0 Å². The van der Waals surface area contributed by atoms with Crippen LogP contribution in [-0.2, 0) is 27.8 Å². The van der Waals surface area contributed by atoms with Crippen molar-refractivity contribution in [3.63, 3.8) is 0 Å². The van der Waals surface area contributed by atoms with E-state index >= 15 is 0 Å². The molecule has 1 N–H and O–H groups in total. The van der Waals surface area contributed by atoms with Crippen LogP contribution < -0.4 is 5.32 Å². The molecule has 0 unspecified atom stereocenters. The van der Waals surface area contributed by atoms with Crippen LogP contribution >= 0.6 is 11.6 Å². The van der Waals surface area contributed by atoms with Crippen LogP contribution in [0.1, 0.15) is 31.4 Å². The second-order valence-corrected chi connectivity index (χ2v) is 8.51. The number of aryl methyl sites for hydroxylation is 1. The number of hydrogen-bond donors (Lipinski definition) is 1. The van der Waals surface area contributed by atoms with Crippen LogP contribution in [0.5, 0.6) is 0 Å². The van der Waals surface area contributed by atoms with Crippen LogP contribution in [0.2, 0.25) is 5.02 Å². The number of carbonyl (C=O) groups excluding carboxylic acids is 1. The number of sulfonamides is 1. The van der Waals surface area contributed by atoms with Gasteiger partial charge in [-0.05, 0) is 41.8 Å². The maximum Gasteiger partial charge on any atom is 0.243 e. The van der Waals surface area contributed by atoms with E-state index in [2.05, 4.69) is 5.32 Å². The van der Waals surface area contributed by atoms with Gasteiger partial charge in [0.05, 0.1) is 4.90 Å². The van der Waals surface area contributed by atoms with Crippen molar-refractivity contribution in [1.82, 2.24) is 9.62 Å². The molecule has 0 aliphatic carbocycles. The summed E-state index contributed by atoms with van der Waals surface area (Å²) in [5.41, 5.74) is 1.91. The summed E-state index contributed by atoms with van der Waals surface area (Å²) < 4.78 is 26.4. The second-order valence-electron chi connectivity index (χ2n) is 6.14. The predicted molar refractivity (Wildman–Crippen MR) is 108 cm³/mol. The van der Waals surface area contributed by atoms with Crippen molar-refractivity contribution in [3.8, 4) is 0 Å². The SMILES string of the molecule is CCN(CC)S(=O)(=O)c1ccc(CCC(=O)NCc2ccc(Cl)cc2)cc1. The highest BCUT2D eigenvalue weighted by Crippen LogP contribution is 2.17. The minimum Gasteiger partial charge on any atom is -0.352 e. The van der Waals surface area contributed by atoms with E-state index in [4.69, 9.17) is 11.6 Å². The van der Waals surface area contributed by atoms with Crippen molar-refractivity contribution < 1.29 is 13.2 Å². The number of amides is 1. The minimum absolute atomic E-state index is 0.0511. The molecule has 2 aromatic rings. The molecule has 0 aliphatic rings. The Labute approximate surface area is 166 Å². The average molecular weight is 409 g/mol. The topological polar surface area (TPSA) is 66.5 Å². The smallest absolute Gasteiger partial charge is 0.243 e. The maximum absolute atomic E-state index is 12.5. The fraction of sp³-hybridized carbons (Fsp3) is 0.350. The highest BCUT2D eigenvalue weighted by molar-refractivity contribution is 7.89. The number of rotatable bonds is 9. The molecule has 0 aromatic heterocycles.